The van der Waals surface area contributed by atoms with E-state index in [1.165, 1.54) is 9.70 Å². The molecule has 0 radical (unpaired) electrons. The molecule has 0 saturated carbocycles. The summed E-state index contributed by atoms with van der Waals surface area (Å²) in [5, 5.41) is 20.6. The highest BCUT2D eigenvalue weighted by atomic mass is 16.3. The molecule has 0 bridgehead atoms. The molecule has 5 aromatic rings. The van der Waals surface area contributed by atoms with Crippen molar-refractivity contribution in [1.29, 1.82) is 0 Å². The van der Waals surface area contributed by atoms with Crippen LogP contribution in [0.3, 0.4) is 0 Å². The van der Waals surface area contributed by atoms with Gasteiger partial charge in [-0.1, -0.05) is 68.4 Å². The Kier molecular flexibility index (Phi) is 5.15. The highest BCUT2D eigenvalue weighted by molar-refractivity contribution is 6.21. The summed E-state index contributed by atoms with van der Waals surface area (Å²) in [7, 11) is 0. The molecular weight excluding hydrogens is 464 g/mol. The van der Waals surface area contributed by atoms with Gasteiger partial charge >= 0.3 is 0 Å². The molecule has 1 aliphatic heterocycles. The SMILES string of the molecule is CC(C)(c1ccccc1)c1cc(CN2C(=O)c3ccccc3C2=O)c(O)c(-n2nc3ccccc3n2)c1. The predicted octanol–water partition coefficient (Wildman–Crippen LogP) is 5.25. The number of nitrogens with zero attached hydrogens (tertiary/aromatic N) is 4. The van der Waals surface area contributed by atoms with Gasteiger partial charge in [-0.2, -0.15) is 0 Å². The smallest absolute Gasteiger partial charge is 0.261 e. The van der Waals surface area contributed by atoms with E-state index in [0.29, 0.717) is 33.4 Å². The minimum Gasteiger partial charge on any atom is -0.505 e. The quantitative estimate of drug-likeness (QED) is 0.342. The van der Waals surface area contributed by atoms with Crippen molar-refractivity contribution < 1.29 is 14.7 Å². The molecule has 4 aromatic carbocycles. The molecule has 37 heavy (non-hydrogen) atoms. The van der Waals surface area contributed by atoms with Gasteiger partial charge in [0.2, 0.25) is 0 Å². The van der Waals surface area contributed by atoms with E-state index >= 15 is 0 Å². The van der Waals surface area contributed by atoms with Gasteiger partial charge in [0, 0.05) is 11.0 Å². The van der Waals surface area contributed by atoms with Crippen LogP contribution in [-0.2, 0) is 12.0 Å². The molecule has 0 unspecified atom stereocenters. The number of fused-ring (bicyclic) bond motifs is 2. The lowest BCUT2D eigenvalue weighted by Gasteiger charge is -2.28. The van der Waals surface area contributed by atoms with Crippen LogP contribution in [0.1, 0.15) is 51.3 Å². The summed E-state index contributed by atoms with van der Waals surface area (Å²) in [4.78, 5) is 28.8. The zero-order valence-electron chi connectivity index (χ0n) is 20.4. The van der Waals surface area contributed by atoms with Crippen LogP contribution in [-0.4, -0.2) is 36.8 Å². The van der Waals surface area contributed by atoms with Crippen molar-refractivity contribution in [3.8, 4) is 11.4 Å². The number of aromatic nitrogens is 3. The Morgan fingerprint density at radius 3 is 1.86 bits per heavy atom. The van der Waals surface area contributed by atoms with Gasteiger partial charge in [-0.15, -0.1) is 15.0 Å². The maximum atomic E-state index is 13.1. The normalized spacial score (nSPS) is 13.4. The molecule has 2 heterocycles. The summed E-state index contributed by atoms with van der Waals surface area (Å²) in [6.45, 7) is 4.11. The molecule has 0 aliphatic carbocycles. The van der Waals surface area contributed by atoms with Crippen LogP contribution in [0.5, 0.6) is 5.75 Å². The van der Waals surface area contributed by atoms with E-state index in [1.807, 2.05) is 54.6 Å². The summed E-state index contributed by atoms with van der Waals surface area (Å²) in [6.07, 6.45) is 0. The molecule has 2 amide bonds. The van der Waals surface area contributed by atoms with Gasteiger partial charge in [0.1, 0.15) is 22.5 Å². The molecule has 1 aliphatic rings. The lowest BCUT2D eigenvalue weighted by Crippen LogP contribution is -2.29. The zero-order chi connectivity index (χ0) is 25.7. The third-order valence-corrected chi connectivity index (χ3v) is 7.09. The third-order valence-electron chi connectivity index (χ3n) is 7.09. The van der Waals surface area contributed by atoms with Crippen molar-refractivity contribution in [3.05, 3.63) is 119 Å². The summed E-state index contributed by atoms with van der Waals surface area (Å²) in [5.41, 5.74) is 4.45. The van der Waals surface area contributed by atoms with Gasteiger partial charge in [0.15, 0.2) is 0 Å². The Bertz CT molecular complexity index is 1620. The molecule has 7 nitrogen and oxygen atoms in total. The Balaban J connectivity index is 1.50. The van der Waals surface area contributed by atoms with E-state index in [4.69, 9.17) is 0 Å². The van der Waals surface area contributed by atoms with Crippen LogP contribution in [0.25, 0.3) is 16.7 Å². The van der Waals surface area contributed by atoms with E-state index in [1.54, 1.807) is 24.3 Å². The molecule has 6 rings (SSSR count). The Hall–Kier alpha value is -4.78. The molecule has 0 saturated heterocycles. The maximum absolute atomic E-state index is 13.1. The maximum Gasteiger partial charge on any atom is 0.261 e. The number of phenols is 1. The van der Waals surface area contributed by atoms with Crippen molar-refractivity contribution in [2.75, 3.05) is 0 Å². The van der Waals surface area contributed by atoms with Crippen molar-refractivity contribution in [3.63, 3.8) is 0 Å². The molecule has 0 spiro atoms. The second-order valence-electron chi connectivity index (χ2n) is 9.71. The molecule has 182 valence electrons. The van der Waals surface area contributed by atoms with Gasteiger partial charge in [-0.05, 0) is 47.5 Å². The number of carbonyl (C=O) groups excluding carboxylic acids is 2. The highest BCUT2D eigenvalue weighted by Crippen LogP contribution is 2.38. The fourth-order valence-electron chi connectivity index (χ4n) is 4.85. The molecular formula is C30H24N4O3. The Morgan fingerprint density at radius 1 is 0.730 bits per heavy atom. The topological polar surface area (TPSA) is 88.3 Å². The van der Waals surface area contributed by atoms with Crippen LogP contribution in [0.15, 0.2) is 91.0 Å². The summed E-state index contributed by atoms with van der Waals surface area (Å²) in [5.74, 6) is -0.834. The van der Waals surface area contributed by atoms with Gasteiger partial charge in [0.25, 0.3) is 11.8 Å². The molecule has 1 aromatic heterocycles. The second-order valence-corrected chi connectivity index (χ2v) is 9.71. The fraction of sp³-hybridized carbons (Fsp3) is 0.133. The van der Waals surface area contributed by atoms with E-state index < -0.39 is 5.41 Å². The van der Waals surface area contributed by atoms with Gasteiger partial charge in [0.05, 0.1) is 17.7 Å². The minimum absolute atomic E-state index is 0.0787. The molecule has 7 heteroatoms. The third kappa shape index (κ3) is 3.67. The predicted molar refractivity (Wildman–Crippen MR) is 140 cm³/mol. The molecule has 0 atom stereocenters. The first kappa shape index (κ1) is 22.7. The summed E-state index contributed by atoms with van der Waals surface area (Å²) < 4.78 is 0. The zero-order valence-corrected chi connectivity index (χ0v) is 20.4. The monoisotopic (exact) mass is 488 g/mol. The highest BCUT2D eigenvalue weighted by Gasteiger charge is 2.36. The number of carbonyl (C=O) groups is 2. The number of hydrogen-bond donors (Lipinski definition) is 1. The Morgan fingerprint density at radius 2 is 1.27 bits per heavy atom. The molecule has 1 N–H and O–H groups in total. The van der Waals surface area contributed by atoms with Crippen molar-refractivity contribution in [2.24, 2.45) is 0 Å². The average molecular weight is 489 g/mol. The molecule has 0 fully saturated rings. The first-order valence-electron chi connectivity index (χ1n) is 12.0. The lowest BCUT2D eigenvalue weighted by atomic mass is 9.77. The van der Waals surface area contributed by atoms with Crippen LogP contribution < -0.4 is 0 Å². The Labute approximate surface area is 213 Å². The number of rotatable bonds is 5. The lowest BCUT2D eigenvalue weighted by molar-refractivity contribution is 0.0641. The van der Waals surface area contributed by atoms with Gasteiger partial charge < -0.3 is 5.11 Å². The number of benzene rings is 4. The fourth-order valence-corrected chi connectivity index (χ4v) is 4.85. The van der Waals surface area contributed by atoms with Gasteiger partial charge in [-0.3, -0.25) is 14.5 Å². The minimum atomic E-state index is -0.451. The van der Waals surface area contributed by atoms with Crippen molar-refractivity contribution in [1.82, 2.24) is 19.9 Å². The number of aromatic hydroxyl groups is 1. The number of imide groups is 1. The van der Waals surface area contributed by atoms with Crippen LogP contribution in [0, 0.1) is 0 Å². The van der Waals surface area contributed by atoms with E-state index in [2.05, 4.69) is 36.2 Å². The summed E-state index contributed by atoms with van der Waals surface area (Å²) >= 11 is 0. The van der Waals surface area contributed by atoms with Crippen molar-refractivity contribution >= 4 is 22.8 Å². The first-order chi connectivity index (χ1) is 17.8. The van der Waals surface area contributed by atoms with Crippen LogP contribution in [0.2, 0.25) is 0 Å². The van der Waals surface area contributed by atoms with Crippen LogP contribution in [0.4, 0.5) is 0 Å². The second kappa shape index (κ2) is 8.41. The standard InChI is InChI=1S/C30H24N4O3/c1-30(2,20-10-4-3-5-11-20)21-16-19(18-33-28(36)22-12-6-7-13-23(22)29(33)37)27(35)26(17-21)34-31-24-14-8-9-15-25(24)32-34/h3-17,35H,18H2,1-2H3. The summed E-state index contributed by atoms with van der Waals surface area (Å²) in [6, 6.07) is 28.0. The van der Waals surface area contributed by atoms with Crippen molar-refractivity contribution in [2.45, 2.75) is 25.8 Å². The number of amides is 2. The van der Waals surface area contributed by atoms with E-state index in [-0.39, 0.29) is 24.1 Å². The first-order valence-corrected chi connectivity index (χ1v) is 12.0. The largest absolute Gasteiger partial charge is 0.505 e. The van der Waals surface area contributed by atoms with E-state index in [0.717, 1.165) is 11.1 Å². The number of phenolic OH excluding ortho intramolecular Hbond substituents is 1. The average Bonchev–Trinajstić information content (AvgIpc) is 3.45. The van der Waals surface area contributed by atoms with Crippen LogP contribution >= 0.6 is 0 Å². The number of hydrogen-bond acceptors (Lipinski definition) is 5. The van der Waals surface area contributed by atoms with Gasteiger partial charge in [-0.25, -0.2) is 0 Å². The van der Waals surface area contributed by atoms with E-state index in [9.17, 15) is 14.7 Å².